The van der Waals surface area contributed by atoms with Crippen LogP contribution in [0.2, 0.25) is 0 Å². The fraction of sp³-hybridized carbons (Fsp3) is 0.333. The molecule has 0 aliphatic heterocycles. The molecule has 2 aromatic rings. The van der Waals surface area contributed by atoms with Crippen LogP contribution in [0.4, 0.5) is 0 Å². The van der Waals surface area contributed by atoms with Gasteiger partial charge >= 0.3 is 5.97 Å². The van der Waals surface area contributed by atoms with Gasteiger partial charge in [-0.1, -0.05) is 0 Å². The van der Waals surface area contributed by atoms with E-state index in [1.54, 1.807) is 23.9 Å². The molecule has 0 aliphatic carbocycles. The van der Waals surface area contributed by atoms with Crippen LogP contribution < -0.4 is 4.74 Å². The van der Waals surface area contributed by atoms with E-state index < -0.39 is 11.6 Å². The standard InChI is InChI=1S/C24H26Br2O4S/c1-14(2)29-22-16(9-12-19(27)15-7-10-17(31-6)11-8-15)13-18(25)20(21(22)26)23(28)30-24(3,4)5/h7-14H,1-6H3. The molecule has 31 heavy (non-hydrogen) atoms. The molecule has 166 valence electrons. The number of esters is 1. The fourth-order valence-electron chi connectivity index (χ4n) is 2.63. The first-order chi connectivity index (χ1) is 14.4. The van der Waals surface area contributed by atoms with Gasteiger partial charge in [-0.05, 0) is 115 Å². The summed E-state index contributed by atoms with van der Waals surface area (Å²) < 4.78 is 12.5. The number of carbonyl (C=O) groups is 2. The first-order valence-corrected chi connectivity index (χ1v) is 12.5. The second kappa shape index (κ2) is 10.8. The molecule has 0 atom stereocenters. The Kier molecular flexibility index (Phi) is 8.98. The van der Waals surface area contributed by atoms with Crippen molar-refractivity contribution in [2.45, 2.75) is 51.2 Å². The Morgan fingerprint density at radius 2 is 1.71 bits per heavy atom. The second-order valence-electron chi connectivity index (χ2n) is 8.06. The molecule has 0 aliphatic rings. The van der Waals surface area contributed by atoms with E-state index in [9.17, 15) is 9.59 Å². The zero-order valence-corrected chi connectivity index (χ0v) is 22.4. The SMILES string of the molecule is CSc1ccc(C(=O)C=Cc2cc(Br)c(C(=O)OC(C)(C)C)c(Br)c2OC(C)C)cc1. The third-order valence-electron chi connectivity index (χ3n) is 3.95. The van der Waals surface area contributed by atoms with E-state index in [1.807, 2.05) is 65.1 Å². The summed E-state index contributed by atoms with van der Waals surface area (Å²) >= 11 is 8.60. The topological polar surface area (TPSA) is 52.6 Å². The normalized spacial score (nSPS) is 11.8. The van der Waals surface area contributed by atoms with Crippen LogP contribution >= 0.6 is 43.6 Å². The molecular weight excluding hydrogens is 544 g/mol. The number of thioether (sulfide) groups is 1. The predicted octanol–water partition coefficient (Wildman–Crippen LogP) is 7.57. The van der Waals surface area contributed by atoms with E-state index in [0.717, 1.165) is 4.90 Å². The molecule has 0 aromatic heterocycles. The average Bonchev–Trinajstić information content (AvgIpc) is 2.67. The molecule has 7 heteroatoms. The monoisotopic (exact) mass is 568 g/mol. The molecule has 0 amide bonds. The molecule has 0 saturated carbocycles. The molecule has 0 spiro atoms. The number of rotatable bonds is 7. The van der Waals surface area contributed by atoms with Gasteiger partial charge in [0.25, 0.3) is 0 Å². The van der Waals surface area contributed by atoms with Crippen LogP contribution in [-0.4, -0.2) is 29.7 Å². The van der Waals surface area contributed by atoms with Gasteiger partial charge in [0.05, 0.1) is 16.1 Å². The lowest BCUT2D eigenvalue weighted by Gasteiger charge is -2.22. The summed E-state index contributed by atoms with van der Waals surface area (Å²) in [6.07, 6.45) is 5.05. The molecule has 0 fully saturated rings. The van der Waals surface area contributed by atoms with Gasteiger partial charge in [0.2, 0.25) is 0 Å². The lowest BCUT2D eigenvalue weighted by molar-refractivity contribution is 0.00665. The molecule has 0 saturated heterocycles. The van der Waals surface area contributed by atoms with E-state index in [2.05, 4.69) is 31.9 Å². The molecule has 0 bridgehead atoms. The number of allylic oxidation sites excluding steroid dienone is 1. The van der Waals surface area contributed by atoms with Crippen molar-refractivity contribution in [1.82, 2.24) is 0 Å². The molecule has 4 nitrogen and oxygen atoms in total. The van der Waals surface area contributed by atoms with Crippen molar-refractivity contribution in [2.75, 3.05) is 6.26 Å². The van der Waals surface area contributed by atoms with Gasteiger partial charge < -0.3 is 9.47 Å². The quantitative estimate of drug-likeness (QED) is 0.149. The number of hydrogen-bond donors (Lipinski definition) is 0. The van der Waals surface area contributed by atoms with Gasteiger partial charge in [-0.2, -0.15) is 0 Å². The molecule has 0 radical (unpaired) electrons. The summed E-state index contributed by atoms with van der Waals surface area (Å²) in [5.41, 5.74) is 0.964. The summed E-state index contributed by atoms with van der Waals surface area (Å²) in [7, 11) is 0. The van der Waals surface area contributed by atoms with Crippen molar-refractivity contribution in [3.8, 4) is 5.75 Å². The third kappa shape index (κ3) is 7.22. The van der Waals surface area contributed by atoms with Gasteiger partial charge in [-0.3, -0.25) is 4.79 Å². The Labute approximate surface area is 205 Å². The van der Waals surface area contributed by atoms with Gasteiger partial charge in [0, 0.05) is 20.5 Å². The van der Waals surface area contributed by atoms with E-state index in [4.69, 9.17) is 9.47 Å². The maximum Gasteiger partial charge on any atom is 0.341 e. The van der Waals surface area contributed by atoms with Crippen molar-refractivity contribution in [1.29, 1.82) is 0 Å². The van der Waals surface area contributed by atoms with Crippen molar-refractivity contribution in [2.24, 2.45) is 0 Å². The number of halogens is 2. The minimum absolute atomic E-state index is 0.119. The molecule has 0 heterocycles. The van der Waals surface area contributed by atoms with Crippen LogP contribution in [0.3, 0.4) is 0 Å². The van der Waals surface area contributed by atoms with E-state index in [1.165, 1.54) is 6.08 Å². The van der Waals surface area contributed by atoms with Crippen LogP contribution in [0.15, 0.2) is 50.2 Å². The Hall–Kier alpha value is -1.57. The maximum absolute atomic E-state index is 12.7. The largest absolute Gasteiger partial charge is 0.489 e. The zero-order valence-electron chi connectivity index (χ0n) is 18.4. The second-order valence-corrected chi connectivity index (χ2v) is 10.6. The van der Waals surface area contributed by atoms with Crippen LogP contribution in [0.1, 0.15) is 60.9 Å². The predicted molar refractivity (Wildman–Crippen MR) is 134 cm³/mol. The zero-order chi connectivity index (χ0) is 23.3. The van der Waals surface area contributed by atoms with E-state index in [0.29, 0.717) is 31.4 Å². The minimum Gasteiger partial charge on any atom is -0.489 e. The third-order valence-corrected chi connectivity index (χ3v) is 6.07. The highest BCUT2D eigenvalue weighted by Crippen LogP contribution is 2.39. The first kappa shape index (κ1) is 25.7. The van der Waals surface area contributed by atoms with Crippen LogP contribution in [0.5, 0.6) is 5.75 Å². The molecule has 0 N–H and O–H groups in total. The fourth-order valence-corrected chi connectivity index (χ4v) is 4.61. The lowest BCUT2D eigenvalue weighted by Crippen LogP contribution is -2.24. The smallest absolute Gasteiger partial charge is 0.341 e. The van der Waals surface area contributed by atoms with Crippen LogP contribution in [0, 0.1) is 0 Å². The van der Waals surface area contributed by atoms with Gasteiger partial charge in [-0.15, -0.1) is 11.8 Å². The molecule has 0 unspecified atom stereocenters. The molecular formula is C24H26Br2O4S. The highest BCUT2D eigenvalue weighted by atomic mass is 79.9. The number of ketones is 1. The number of hydrogen-bond acceptors (Lipinski definition) is 5. The van der Waals surface area contributed by atoms with Gasteiger partial charge in [0.15, 0.2) is 5.78 Å². The highest BCUT2D eigenvalue weighted by molar-refractivity contribution is 9.11. The van der Waals surface area contributed by atoms with Crippen LogP contribution in [-0.2, 0) is 4.74 Å². The van der Waals surface area contributed by atoms with E-state index >= 15 is 0 Å². The van der Waals surface area contributed by atoms with Gasteiger partial charge in [0.1, 0.15) is 11.4 Å². The number of carbonyl (C=O) groups excluding carboxylic acids is 2. The summed E-state index contributed by atoms with van der Waals surface area (Å²) in [6, 6.07) is 9.20. The summed E-state index contributed by atoms with van der Waals surface area (Å²) in [5.74, 6) is -0.118. The Morgan fingerprint density at radius 3 is 2.23 bits per heavy atom. The van der Waals surface area contributed by atoms with Crippen molar-refractivity contribution < 1.29 is 19.1 Å². The first-order valence-electron chi connectivity index (χ1n) is 9.71. The lowest BCUT2D eigenvalue weighted by atomic mass is 10.1. The van der Waals surface area contributed by atoms with E-state index in [-0.39, 0.29) is 11.9 Å². The average molecular weight is 570 g/mol. The summed E-state index contributed by atoms with van der Waals surface area (Å²) in [6.45, 7) is 9.23. The van der Waals surface area contributed by atoms with Gasteiger partial charge in [-0.25, -0.2) is 4.79 Å². The summed E-state index contributed by atoms with van der Waals surface area (Å²) in [4.78, 5) is 26.5. The maximum atomic E-state index is 12.7. The Bertz CT molecular complexity index is 990. The Morgan fingerprint density at radius 1 is 1.10 bits per heavy atom. The highest BCUT2D eigenvalue weighted by Gasteiger charge is 2.26. The minimum atomic E-state index is -0.633. The summed E-state index contributed by atoms with van der Waals surface area (Å²) in [5, 5.41) is 0. The van der Waals surface area contributed by atoms with Crippen molar-refractivity contribution in [3.05, 3.63) is 62.0 Å². The molecule has 2 aromatic carbocycles. The Balaban J connectivity index is 2.45. The molecule has 2 rings (SSSR count). The number of ether oxygens (including phenoxy) is 2. The van der Waals surface area contributed by atoms with Crippen LogP contribution in [0.25, 0.3) is 6.08 Å². The van der Waals surface area contributed by atoms with Crippen molar-refractivity contribution in [3.63, 3.8) is 0 Å². The van der Waals surface area contributed by atoms with Crippen molar-refractivity contribution >= 4 is 61.5 Å². The number of benzene rings is 2.